The van der Waals surface area contributed by atoms with Crippen LogP contribution in [0.15, 0.2) is 0 Å². The lowest BCUT2D eigenvalue weighted by Gasteiger charge is -2.29. The van der Waals surface area contributed by atoms with E-state index in [9.17, 15) is 24.0 Å². The molecule has 2 aliphatic rings. The maximum absolute atomic E-state index is 12.4. The molecule has 1 heterocycles. The van der Waals surface area contributed by atoms with Crippen LogP contribution in [-0.4, -0.2) is 84.6 Å². The quantitative estimate of drug-likeness (QED) is 0.453. The zero-order valence-electron chi connectivity index (χ0n) is 16.7. The summed E-state index contributed by atoms with van der Waals surface area (Å²) in [4.78, 5) is 63.6. The lowest BCUT2D eigenvalue weighted by Crippen LogP contribution is -2.49. The van der Waals surface area contributed by atoms with Crippen LogP contribution in [0, 0.1) is 0 Å². The summed E-state index contributed by atoms with van der Waals surface area (Å²) in [6, 6.07) is -0.821. The maximum atomic E-state index is 12.4. The molecule has 1 saturated carbocycles. The van der Waals surface area contributed by atoms with Crippen LogP contribution in [0.1, 0.15) is 39.0 Å². The van der Waals surface area contributed by atoms with Crippen LogP contribution in [0.5, 0.6) is 0 Å². The molecule has 1 aliphatic carbocycles. The Morgan fingerprint density at radius 1 is 0.893 bits per heavy atom. The van der Waals surface area contributed by atoms with Gasteiger partial charge in [-0.2, -0.15) is 0 Å². The molecule has 1 atom stereocenters. The van der Waals surface area contributed by atoms with Crippen LogP contribution >= 0.6 is 0 Å². The third kappa shape index (κ3) is 5.67. The molecule has 2 fully saturated rings. The molecule has 3 N–H and O–H groups in total. The van der Waals surface area contributed by atoms with E-state index in [4.69, 9.17) is 0 Å². The summed E-state index contributed by atoms with van der Waals surface area (Å²) in [6.45, 7) is 1.86. The molecule has 0 aromatic heterocycles. The second-order valence-electron chi connectivity index (χ2n) is 7.53. The Bertz CT molecular complexity index is 661. The molecule has 0 aromatic carbocycles. The highest BCUT2D eigenvalue weighted by Crippen LogP contribution is 2.40. The Morgan fingerprint density at radius 2 is 1.57 bits per heavy atom. The molecule has 0 bridgehead atoms. The second kappa shape index (κ2) is 9.03. The standard InChI is InChI=1S/C18H29N5O5/c1-12-17(28)19-10-16(27)22(2)9-6-13(24)20-11-18(7-8-18)23(3)15(26)5-4-14(25)21-12/h12H,4-11H2,1-3H3,(H,19,28)(H,20,24)(H,21,25). The van der Waals surface area contributed by atoms with E-state index in [1.807, 2.05) is 0 Å². The number of carbonyl (C=O) groups excluding carboxylic acids is 5. The van der Waals surface area contributed by atoms with Gasteiger partial charge in [0.15, 0.2) is 0 Å². The molecule has 1 saturated heterocycles. The number of hydrogen-bond acceptors (Lipinski definition) is 5. The molecule has 2 rings (SSSR count). The highest BCUT2D eigenvalue weighted by atomic mass is 16.2. The molecule has 10 heteroatoms. The summed E-state index contributed by atoms with van der Waals surface area (Å²) >= 11 is 0. The highest BCUT2D eigenvalue weighted by molar-refractivity contribution is 5.91. The molecule has 1 spiro atoms. The molecular formula is C18H29N5O5. The van der Waals surface area contributed by atoms with Crippen LogP contribution in [0.2, 0.25) is 0 Å². The van der Waals surface area contributed by atoms with E-state index in [0.717, 1.165) is 12.8 Å². The van der Waals surface area contributed by atoms with Crippen molar-refractivity contribution in [2.75, 3.05) is 33.7 Å². The first kappa shape index (κ1) is 21.6. The van der Waals surface area contributed by atoms with Crippen molar-refractivity contribution in [3.05, 3.63) is 0 Å². The fourth-order valence-corrected chi connectivity index (χ4v) is 3.00. The molecule has 5 amide bonds. The number of amides is 5. The largest absolute Gasteiger partial charge is 0.354 e. The van der Waals surface area contributed by atoms with Gasteiger partial charge in [0, 0.05) is 46.4 Å². The molecular weight excluding hydrogens is 366 g/mol. The summed E-state index contributed by atoms with van der Waals surface area (Å²) in [7, 11) is 3.24. The molecule has 1 unspecified atom stereocenters. The van der Waals surface area contributed by atoms with Crippen molar-refractivity contribution in [3.8, 4) is 0 Å². The zero-order valence-corrected chi connectivity index (χ0v) is 16.7. The number of nitrogens with zero attached hydrogens (tertiary/aromatic N) is 2. The van der Waals surface area contributed by atoms with E-state index in [1.165, 1.54) is 11.8 Å². The molecule has 156 valence electrons. The third-order valence-electron chi connectivity index (χ3n) is 5.38. The van der Waals surface area contributed by atoms with Crippen molar-refractivity contribution in [1.29, 1.82) is 0 Å². The first-order valence-electron chi connectivity index (χ1n) is 9.49. The molecule has 0 aromatic rings. The monoisotopic (exact) mass is 395 g/mol. The zero-order chi connectivity index (χ0) is 20.9. The smallest absolute Gasteiger partial charge is 0.242 e. The van der Waals surface area contributed by atoms with Gasteiger partial charge in [-0.25, -0.2) is 0 Å². The van der Waals surface area contributed by atoms with Crippen molar-refractivity contribution in [2.24, 2.45) is 0 Å². The minimum absolute atomic E-state index is 0.0235. The van der Waals surface area contributed by atoms with Gasteiger partial charge in [0.05, 0.1) is 12.1 Å². The van der Waals surface area contributed by atoms with Gasteiger partial charge in [0.2, 0.25) is 29.5 Å². The van der Waals surface area contributed by atoms with Gasteiger partial charge in [-0.1, -0.05) is 0 Å². The highest BCUT2D eigenvalue weighted by Gasteiger charge is 2.48. The average Bonchev–Trinajstić information content (AvgIpc) is 3.46. The lowest BCUT2D eigenvalue weighted by atomic mass is 10.1. The SMILES string of the molecule is CC1NC(=O)CCC(=O)N(C)C2(CC2)CNC(=O)CCN(C)C(=O)CNC1=O. The van der Waals surface area contributed by atoms with Crippen molar-refractivity contribution in [1.82, 2.24) is 25.8 Å². The Balaban J connectivity index is 2.05. The van der Waals surface area contributed by atoms with Crippen molar-refractivity contribution in [2.45, 2.75) is 50.6 Å². The van der Waals surface area contributed by atoms with E-state index in [2.05, 4.69) is 16.0 Å². The summed E-state index contributed by atoms with van der Waals surface area (Å²) in [5.41, 5.74) is -0.399. The van der Waals surface area contributed by atoms with Gasteiger partial charge in [-0.05, 0) is 19.8 Å². The van der Waals surface area contributed by atoms with Gasteiger partial charge >= 0.3 is 0 Å². The lowest BCUT2D eigenvalue weighted by molar-refractivity contribution is -0.136. The minimum Gasteiger partial charge on any atom is -0.354 e. The van der Waals surface area contributed by atoms with Gasteiger partial charge in [-0.15, -0.1) is 0 Å². The molecule has 10 nitrogen and oxygen atoms in total. The fraction of sp³-hybridized carbons (Fsp3) is 0.722. The van der Waals surface area contributed by atoms with Crippen molar-refractivity contribution >= 4 is 29.5 Å². The average molecular weight is 395 g/mol. The second-order valence-corrected chi connectivity index (χ2v) is 7.53. The number of rotatable bonds is 0. The molecule has 1 aliphatic heterocycles. The predicted octanol–water partition coefficient (Wildman–Crippen LogP) is -1.64. The first-order chi connectivity index (χ1) is 13.1. The number of likely N-dealkylation sites (N-methyl/N-ethyl adjacent to an activating group) is 2. The normalized spacial score (nSPS) is 25.5. The van der Waals surface area contributed by atoms with Crippen molar-refractivity contribution < 1.29 is 24.0 Å². The van der Waals surface area contributed by atoms with Crippen LogP contribution < -0.4 is 16.0 Å². The molecule has 0 radical (unpaired) electrons. The van der Waals surface area contributed by atoms with Gasteiger partial charge in [0.25, 0.3) is 0 Å². The Hall–Kier alpha value is -2.65. The fourth-order valence-electron chi connectivity index (χ4n) is 3.00. The van der Waals surface area contributed by atoms with E-state index < -0.39 is 23.4 Å². The number of hydrogen-bond donors (Lipinski definition) is 3. The van der Waals surface area contributed by atoms with Crippen LogP contribution in [0.3, 0.4) is 0 Å². The van der Waals surface area contributed by atoms with E-state index in [1.54, 1.807) is 19.0 Å². The van der Waals surface area contributed by atoms with Gasteiger partial charge in [-0.3, -0.25) is 24.0 Å². The summed E-state index contributed by atoms with van der Waals surface area (Å²) in [5.74, 6) is -1.61. The Morgan fingerprint density at radius 3 is 2.21 bits per heavy atom. The number of nitrogens with one attached hydrogen (secondary N) is 3. The summed E-state index contributed by atoms with van der Waals surface area (Å²) in [5, 5.41) is 7.82. The maximum Gasteiger partial charge on any atom is 0.242 e. The van der Waals surface area contributed by atoms with Gasteiger partial charge in [0.1, 0.15) is 6.04 Å². The Kier molecular flexibility index (Phi) is 6.98. The third-order valence-corrected chi connectivity index (χ3v) is 5.38. The van der Waals surface area contributed by atoms with Crippen LogP contribution in [0.4, 0.5) is 0 Å². The van der Waals surface area contributed by atoms with E-state index >= 15 is 0 Å². The van der Waals surface area contributed by atoms with E-state index in [-0.39, 0.29) is 50.1 Å². The first-order valence-corrected chi connectivity index (χ1v) is 9.49. The topological polar surface area (TPSA) is 128 Å². The van der Waals surface area contributed by atoms with Gasteiger partial charge < -0.3 is 25.8 Å². The summed E-state index contributed by atoms with van der Waals surface area (Å²) < 4.78 is 0. The predicted molar refractivity (Wildman–Crippen MR) is 99.8 cm³/mol. The Labute approximate surface area is 164 Å². The summed E-state index contributed by atoms with van der Waals surface area (Å²) in [6.07, 6.45) is 1.70. The minimum atomic E-state index is -0.821. The van der Waals surface area contributed by atoms with Crippen LogP contribution in [-0.2, 0) is 24.0 Å². The van der Waals surface area contributed by atoms with Crippen LogP contribution in [0.25, 0.3) is 0 Å². The molecule has 28 heavy (non-hydrogen) atoms. The number of carbonyl (C=O) groups is 5. The van der Waals surface area contributed by atoms with E-state index in [0.29, 0.717) is 6.54 Å². The van der Waals surface area contributed by atoms with Crippen molar-refractivity contribution in [3.63, 3.8) is 0 Å².